The number of halogens is 3. The SMILES string of the molecule is O=C(O)C(Nc1cccc(Br)c1)c1ccc(Cl)c(F)c1. The normalized spacial score (nSPS) is 11.9. The van der Waals surface area contributed by atoms with E-state index in [-0.39, 0.29) is 5.02 Å². The smallest absolute Gasteiger partial charge is 0.330 e. The Bertz CT molecular complexity index is 651. The van der Waals surface area contributed by atoms with Crippen molar-refractivity contribution in [2.75, 3.05) is 5.32 Å². The molecular weight excluding hydrogens is 349 g/mol. The van der Waals surface area contributed by atoms with Crippen LogP contribution in [0.3, 0.4) is 0 Å². The van der Waals surface area contributed by atoms with E-state index in [0.717, 1.165) is 10.5 Å². The van der Waals surface area contributed by atoms with Gasteiger partial charge in [-0.2, -0.15) is 0 Å². The van der Waals surface area contributed by atoms with Gasteiger partial charge in [-0.15, -0.1) is 0 Å². The van der Waals surface area contributed by atoms with Crippen LogP contribution >= 0.6 is 27.5 Å². The Morgan fingerprint density at radius 2 is 2.05 bits per heavy atom. The molecule has 3 nitrogen and oxygen atoms in total. The first-order valence-electron chi connectivity index (χ1n) is 5.67. The number of benzene rings is 2. The van der Waals surface area contributed by atoms with Crippen molar-refractivity contribution in [2.45, 2.75) is 6.04 Å². The van der Waals surface area contributed by atoms with Crippen molar-refractivity contribution < 1.29 is 14.3 Å². The number of anilines is 1. The monoisotopic (exact) mass is 357 g/mol. The predicted octanol–water partition coefficient (Wildman–Crippen LogP) is 4.48. The number of rotatable bonds is 4. The lowest BCUT2D eigenvalue weighted by Crippen LogP contribution is -2.20. The molecule has 2 rings (SSSR count). The molecule has 0 aliphatic heterocycles. The molecule has 2 aromatic carbocycles. The molecule has 1 unspecified atom stereocenters. The molecule has 0 saturated heterocycles. The third-order valence-corrected chi connectivity index (χ3v) is 3.46. The van der Waals surface area contributed by atoms with Crippen LogP contribution in [0.2, 0.25) is 5.02 Å². The van der Waals surface area contributed by atoms with Crippen LogP contribution in [0, 0.1) is 5.82 Å². The van der Waals surface area contributed by atoms with Crippen molar-refractivity contribution in [3.63, 3.8) is 0 Å². The summed E-state index contributed by atoms with van der Waals surface area (Å²) in [6, 6.07) is 9.94. The highest BCUT2D eigenvalue weighted by Crippen LogP contribution is 2.25. The van der Waals surface area contributed by atoms with Gasteiger partial charge in [0.05, 0.1) is 5.02 Å². The molecule has 20 heavy (non-hydrogen) atoms. The summed E-state index contributed by atoms with van der Waals surface area (Å²) in [6.45, 7) is 0. The molecule has 2 aromatic rings. The Labute approximate surface area is 128 Å². The minimum absolute atomic E-state index is 0.0413. The van der Waals surface area contributed by atoms with Gasteiger partial charge >= 0.3 is 5.97 Å². The summed E-state index contributed by atoms with van der Waals surface area (Å²) < 4.78 is 14.3. The number of carbonyl (C=O) groups is 1. The minimum Gasteiger partial charge on any atom is -0.479 e. The molecule has 0 fully saturated rings. The molecule has 104 valence electrons. The molecule has 0 amide bonds. The van der Waals surface area contributed by atoms with Crippen LogP contribution < -0.4 is 5.32 Å². The van der Waals surface area contributed by atoms with Crippen LogP contribution in [-0.4, -0.2) is 11.1 Å². The Balaban J connectivity index is 2.32. The van der Waals surface area contributed by atoms with E-state index in [1.165, 1.54) is 12.1 Å². The summed E-state index contributed by atoms with van der Waals surface area (Å²) in [6.07, 6.45) is 0. The molecule has 0 spiro atoms. The topological polar surface area (TPSA) is 49.3 Å². The van der Waals surface area contributed by atoms with Gasteiger partial charge < -0.3 is 10.4 Å². The number of hydrogen-bond acceptors (Lipinski definition) is 2. The second-order valence-corrected chi connectivity index (χ2v) is 5.42. The Morgan fingerprint density at radius 1 is 1.30 bits per heavy atom. The van der Waals surface area contributed by atoms with Gasteiger partial charge in [0.1, 0.15) is 5.82 Å². The van der Waals surface area contributed by atoms with E-state index in [9.17, 15) is 14.3 Å². The largest absolute Gasteiger partial charge is 0.479 e. The average molecular weight is 359 g/mol. The van der Waals surface area contributed by atoms with Crippen LogP contribution in [0.1, 0.15) is 11.6 Å². The number of nitrogens with one attached hydrogen (secondary N) is 1. The highest BCUT2D eigenvalue weighted by molar-refractivity contribution is 9.10. The molecule has 0 radical (unpaired) electrons. The summed E-state index contributed by atoms with van der Waals surface area (Å²) in [7, 11) is 0. The lowest BCUT2D eigenvalue weighted by molar-refractivity contribution is -0.138. The Kier molecular flexibility index (Phi) is 4.62. The summed E-state index contributed by atoms with van der Waals surface area (Å²) >= 11 is 8.90. The van der Waals surface area contributed by atoms with E-state index >= 15 is 0 Å². The lowest BCUT2D eigenvalue weighted by Gasteiger charge is -2.16. The summed E-state index contributed by atoms with van der Waals surface area (Å²) in [5.74, 6) is -1.75. The molecule has 1 atom stereocenters. The van der Waals surface area contributed by atoms with Crippen LogP contribution in [-0.2, 0) is 4.79 Å². The van der Waals surface area contributed by atoms with E-state index in [1.54, 1.807) is 18.2 Å². The minimum atomic E-state index is -1.10. The zero-order valence-corrected chi connectivity index (χ0v) is 12.5. The Morgan fingerprint density at radius 3 is 2.65 bits per heavy atom. The standard InChI is InChI=1S/C14H10BrClFNO2/c15-9-2-1-3-10(7-9)18-13(14(19)20)8-4-5-11(16)12(17)6-8/h1-7,13,18H,(H,19,20). The van der Waals surface area contributed by atoms with E-state index in [0.29, 0.717) is 11.3 Å². The van der Waals surface area contributed by atoms with E-state index in [1.807, 2.05) is 6.07 Å². The number of carboxylic acid groups (broad SMARTS) is 1. The molecule has 6 heteroatoms. The van der Waals surface area contributed by atoms with Crippen molar-refractivity contribution in [3.8, 4) is 0 Å². The fraction of sp³-hybridized carbons (Fsp3) is 0.0714. The first kappa shape index (κ1) is 14.8. The summed E-state index contributed by atoms with van der Waals surface area (Å²) in [5.41, 5.74) is 0.904. The number of aliphatic carboxylic acids is 1. The zero-order chi connectivity index (χ0) is 14.7. The van der Waals surface area contributed by atoms with Crippen LogP contribution in [0.5, 0.6) is 0 Å². The third-order valence-electron chi connectivity index (χ3n) is 2.66. The maximum atomic E-state index is 13.4. The van der Waals surface area contributed by atoms with E-state index in [4.69, 9.17) is 11.6 Å². The van der Waals surface area contributed by atoms with Gasteiger partial charge in [0.25, 0.3) is 0 Å². The van der Waals surface area contributed by atoms with Gasteiger partial charge in [-0.05, 0) is 35.9 Å². The first-order valence-corrected chi connectivity index (χ1v) is 6.84. The average Bonchev–Trinajstić information content (AvgIpc) is 2.39. The van der Waals surface area contributed by atoms with Crippen LogP contribution in [0.25, 0.3) is 0 Å². The quantitative estimate of drug-likeness (QED) is 0.847. The van der Waals surface area contributed by atoms with Crippen LogP contribution in [0.15, 0.2) is 46.9 Å². The fourth-order valence-corrected chi connectivity index (χ4v) is 2.24. The molecule has 2 N–H and O–H groups in total. The first-order chi connectivity index (χ1) is 9.47. The molecule has 0 bridgehead atoms. The van der Waals surface area contributed by atoms with Gasteiger partial charge in [0.15, 0.2) is 6.04 Å². The maximum absolute atomic E-state index is 13.4. The molecule has 0 aliphatic rings. The second kappa shape index (κ2) is 6.24. The lowest BCUT2D eigenvalue weighted by atomic mass is 10.1. The molecule has 0 aromatic heterocycles. The number of hydrogen-bond donors (Lipinski definition) is 2. The van der Waals surface area contributed by atoms with E-state index in [2.05, 4.69) is 21.2 Å². The van der Waals surface area contributed by atoms with Crippen molar-refractivity contribution in [2.24, 2.45) is 0 Å². The van der Waals surface area contributed by atoms with Crippen molar-refractivity contribution in [1.29, 1.82) is 0 Å². The highest BCUT2D eigenvalue weighted by Gasteiger charge is 2.20. The summed E-state index contributed by atoms with van der Waals surface area (Å²) in [4.78, 5) is 11.4. The maximum Gasteiger partial charge on any atom is 0.330 e. The molecular formula is C14H10BrClFNO2. The van der Waals surface area contributed by atoms with Crippen molar-refractivity contribution in [1.82, 2.24) is 0 Å². The van der Waals surface area contributed by atoms with Gasteiger partial charge in [0.2, 0.25) is 0 Å². The van der Waals surface area contributed by atoms with Crippen LogP contribution in [0.4, 0.5) is 10.1 Å². The molecule has 0 heterocycles. The molecule has 0 aliphatic carbocycles. The zero-order valence-electron chi connectivity index (χ0n) is 10.1. The van der Waals surface area contributed by atoms with E-state index < -0.39 is 17.8 Å². The number of carboxylic acids is 1. The highest BCUT2D eigenvalue weighted by atomic mass is 79.9. The van der Waals surface area contributed by atoms with Gasteiger partial charge in [0, 0.05) is 10.2 Å². The molecule has 0 saturated carbocycles. The van der Waals surface area contributed by atoms with Crippen molar-refractivity contribution >= 4 is 39.2 Å². The van der Waals surface area contributed by atoms with Crippen molar-refractivity contribution in [3.05, 3.63) is 63.3 Å². The predicted molar refractivity (Wildman–Crippen MR) is 79.6 cm³/mol. The third kappa shape index (κ3) is 3.49. The van der Waals surface area contributed by atoms with Gasteiger partial charge in [-0.1, -0.05) is 39.7 Å². The van der Waals surface area contributed by atoms with Gasteiger partial charge in [-0.3, -0.25) is 0 Å². The Hall–Kier alpha value is -1.59. The summed E-state index contributed by atoms with van der Waals surface area (Å²) in [5, 5.41) is 12.1. The fourth-order valence-electron chi connectivity index (χ4n) is 1.72. The second-order valence-electron chi connectivity index (χ2n) is 4.10. The van der Waals surface area contributed by atoms with Gasteiger partial charge in [-0.25, -0.2) is 9.18 Å².